The summed E-state index contributed by atoms with van der Waals surface area (Å²) in [5.41, 5.74) is 13.0. The van der Waals surface area contributed by atoms with Crippen LogP contribution >= 0.6 is 12.4 Å². The Morgan fingerprint density at radius 2 is 1.88 bits per heavy atom. The van der Waals surface area contributed by atoms with E-state index in [1.54, 1.807) is 0 Å². The van der Waals surface area contributed by atoms with Crippen LogP contribution in [0.4, 0.5) is 11.4 Å². The zero-order chi connectivity index (χ0) is 15.8. The van der Waals surface area contributed by atoms with Gasteiger partial charge in [0.25, 0.3) is 0 Å². The molecule has 2 aliphatic rings. The normalized spacial score (nSPS) is 15.4. The number of aryl methyl sites for hydroxylation is 2. The number of hydrogen-bond donors (Lipinski definition) is 1. The van der Waals surface area contributed by atoms with Crippen molar-refractivity contribution in [2.75, 3.05) is 17.2 Å². The van der Waals surface area contributed by atoms with Crippen molar-refractivity contribution >= 4 is 29.7 Å². The Balaban J connectivity index is 0.00000169. The number of nitrogens with zero attached hydrogens (tertiary/aromatic N) is 1. The molecule has 1 heterocycles. The number of benzene rings is 2. The first kappa shape index (κ1) is 16.8. The van der Waals surface area contributed by atoms with E-state index in [9.17, 15) is 4.79 Å². The minimum atomic E-state index is 0. The summed E-state index contributed by atoms with van der Waals surface area (Å²) in [5, 5.41) is 0. The molecule has 0 atom stereocenters. The SMILES string of the molecule is Cl.Nc1cccc2c1CCCN2C(=O)Cc1ccc2c(c1)CCC2. The second-order valence-corrected chi connectivity index (χ2v) is 6.63. The van der Waals surface area contributed by atoms with Crippen LogP contribution in [0, 0.1) is 0 Å². The lowest BCUT2D eigenvalue weighted by molar-refractivity contribution is -0.118. The quantitative estimate of drug-likeness (QED) is 0.846. The first-order chi connectivity index (χ1) is 11.2. The van der Waals surface area contributed by atoms with Crippen LogP contribution in [-0.4, -0.2) is 12.5 Å². The number of anilines is 2. The van der Waals surface area contributed by atoms with Gasteiger partial charge >= 0.3 is 0 Å². The molecule has 2 aromatic rings. The van der Waals surface area contributed by atoms with Gasteiger partial charge in [0.2, 0.25) is 5.91 Å². The Kier molecular flexibility index (Phi) is 4.81. The van der Waals surface area contributed by atoms with Crippen LogP contribution in [0.2, 0.25) is 0 Å². The van der Waals surface area contributed by atoms with Crippen LogP contribution in [0.5, 0.6) is 0 Å². The molecule has 4 rings (SSSR count). The van der Waals surface area contributed by atoms with Crippen molar-refractivity contribution in [3.05, 3.63) is 58.7 Å². The number of halogens is 1. The van der Waals surface area contributed by atoms with E-state index in [2.05, 4.69) is 18.2 Å². The second kappa shape index (κ2) is 6.86. The lowest BCUT2D eigenvalue weighted by Crippen LogP contribution is -2.36. The molecule has 0 fully saturated rings. The fourth-order valence-electron chi connectivity index (χ4n) is 3.92. The number of hydrogen-bond acceptors (Lipinski definition) is 2. The minimum Gasteiger partial charge on any atom is -0.398 e. The summed E-state index contributed by atoms with van der Waals surface area (Å²) < 4.78 is 0. The molecule has 0 spiro atoms. The molecule has 1 amide bonds. The summed E-state index contributed by atoms with van der Waals surface area (Å²) in [6.07, 6.45) is 6.00. The molecule has 3 nitrogen and oxygen atoms in total. The highest BCUT2D eigenvalue weighted by Crippen LogP contribution is 2.32. The summed E-state index contributed by atoms with van der Waals surface area (Å²) in [5.74, 6) is 0.175. The maximum atomic E-state index is 12.8. The third-order valence-corrected chi connectivity index (χ3v) is 5.11. The lowest BCUT2D eigenvalue weighted by Gasteiger charge is -2.30. The van der Waals surface area contributed by atoms with Crippen LogP contribution in [-0.2, 0) is 30.5 Å². The topological polar surface area (TPSA) is 46.3 Å². The molecular formula is C20H23ClN2O. The van der Waals surface area contributed by atoms with E-state index < -0.39 is 0 Å². The summed E-state index contributed by atoms with van der Waals surface area (Å²) in [4.78, 5) is 14.7. The zero-order valence-corrected chi connectivity index (χ0v) is 14.6. The third kappa shape index (κ3) is 3.01. The lowest BCUT2D eigenvalue weighted by atomic mass is 9.98. The molecule has 126 valence electrons. The Morgan fingerprint density at radius 3 is 2.75 bits per heavy atom. The highest BCUT2D eigenvalue weighted by Gasteiger charge is 2.24. The van der Waals surface area contributed by atoms with Gasteiger partial charge in [-0.05, 0) is 66.5 Å². The number of nitrogen functional groups attached to an aromatic ring is 1. The first-order valence-corrected chi connectivity index (χ1v) is 8.51. The van der Waals surface area contributed by atoms with Gasteiger partial charge in [0.15, 0.2) is 0 Å². The molecule has 0 aromatic heterocycles. The van der Waals surface area contributed by atoms with Gasteiger partial charge < -0.3 is 10.6 Å². The molecule has 1 aliphatic heterocycles. The van der Waals surface area contributed by atoms with E-state index in [0.717, 1.165) is 48.3 Å². The van der Waals surface area contributed by atoms with Crippen molar-refractivity contribution in [1.29, 1.82) is 0 Å². The summed E-state index contributed by atoms with van der Waals surface area (Å²) in [7, 11) is 0. The first-order valence-electron chi connectivity index (χ1n) is 8.51. The van der Waals surface area contributed by atoms with E-state index in [0.29, 0.717) is 6.42 Å². The molecule has 0 saturated heterocycles. The van der Waals surface area contributed by atoms with E-state index >= 15 is 0 Å². The van der Waals surface area contributed by atoms with Crippen molar-refractivity contribution in [2.24, 2.45) is 0 Å². The third-order valence-electron chi connectivity index (χ3n) is 5.11. The van der Waals surface area contributed by atoms with Crippen molar-refractivity contribution < 1.29 is 4.79 Å². The second-order valence-electron chi connectivity index (χ2n) is 6.63. The van der Waals surface area contributed by atoms with Crippen LogP contribution in [0.25, 0.3) is 0 Å². The molecule has 1 aliphatic carbocycles. The van der Waals surface area contributed by atoms with Crippen molar-refractivity contribution in [3.8, 4) is 0 Å². The van der Waals surface area contributed by atoms with Crippen LogP contribution in [0.15, 0.2) is 36.4 Å². The standard InChI is InChI=1S/C20H22N2O.ClH/c21-18-7-2-8-19-17(18)6-3-11-22(19)20(23)13-14-9-10-15-4-1-5-16(15)12-14;/h2,7-10,12H,1,3-6,11,13,21H2;1H. The molecule has 24 heavy (non-hydrogen) atoms. The molecule has 2 N–H and O–H groups in total. The molecule has 2 aromatic carbocycles. The van der Waals surface area contributed by atoms with Gasteiger partial charge in [0.05, 0.1) is 6.42 Å². The highest BCUT2D eigenvalue weighted by atomic mass is 35.5. The van der Waals surface area contributed by atoms with Gasteiger partial charge in [0, 0.05) is 17.9 Å². The van der Waals surface area contributed by atoms with Crippen LogP contribution in [0.1, 0.15) is 35.1 Å². The molecule has 0 bridgehead atoms. The Bertz CT molecular complexity index is 772. The van der Waals surface area contributed by atoms with Gasteiger partial charge in [0.1, 0.15) is 0 Å². The number of carbonyl (C=O) groups excluding carboxylic acids is 1. The van der Waals surface area contributed by atoms with Gasteiger partial charge in [-0.2, -0.15) is 0 Å². The average Bonchev–Trinajstić information content (AvgIpc) is 3.02. The number of nitrogens with two attached hydrogens (primary N) is 1. The molecule has 0 saturated carbocycles. The summed E-state index contributed by atoms with van der Waals surface area (Å²) in [6.45, 7) is 0.792. The number of carbonyl (C=O) groups is 1. The molecule has 4 heteroatoms. The fraction of sp³-hybridized carbons (Fsp3) is 0.350. The average molecular weight is 343 g/mol. The maximum absolute atomic E-state index is 12.8. The predicted octanol–water partition coefficient (Wildman–Crippen LogP) is 3.70. The number of amides is 1. The van der Waals surface area contributed by atoms with Crippen LogP contribution in [0.3, 0.4) is 0 Å². The zero-order valence-electron chi connectivity index (χ0n) is 13.8. The summed E-state index contributed by atoms with van der Waals surface area (Å²) >= 11 is 0. The van der Waals surface area contributed by atoms with Crippen molar-refractivity contribution in [1.82, 2.24) is 0 Å². The Hall–Kier alpha value is -2.00. The number of rotatable bonds is 2. The smallest absolute Gasteiger partial charge is 0.231 e. The largest absolute Gasteiger partial charge is 0.398 e. The van der Waals surface area contributed by atoms with Crippen molar-refractivity contribution in [2.45, 2.75) is 38.5 Å². The van der Waals surface area contributed by atoms with E-state index in [4.69, 9.17) is 5.73 Å². The van der Waals surface area contributed by atoms with Crippen LogP contribution < -0.4 is 10.6 Å². The van der Waals surface area contributed by atoms with Gasteiger partial charge in [-0.15, -0.1) is 12.4 Å². The van der Waals surface area contributed by atoms with Crippen molar-refractivity contribution in [3.63, 3.8) is 0 Å². The Morgan fingerprint density at radius 1 is 1.04 bits per heavy atom. The van der Waals surface area contributed by atoms with Gasteiger partial charge in [-0.3, -0.25) is 4.79 Å². The van der Waals surface area contributed by atoms with E-state index in [-0.39, 0.29) is 18.3 Å². The number of fused-ring (bicyclic) bond motifs is 2. The molecular weight excluding hydrogens is 320 g/mol. The maximum Gasteiger partial charge on any atom is 0.231 e. The van der Waals surface area contributed by atoms with E-state index in [1.165, 1.54) is 24.0 Å². The Labute approximate surface area is 149 Å². The predicted molar refractivity (Wildman–Crippen MR) is 101 cm³/mol. The van der Waals surface area contributed by atoms with E-state index in [1.807, 2.05) is 23.1 Å². The monoisotopic (exact) mass is 342 g/mol. The summed E-state index contributed by atoms with van der Waals surface area (Å²) in [6, 6.07) is 12.4. The van der Waals surface area contributed by atoms with Gasteiger partial charge in [-0.25, -0.2) is 0 Å². The molecule has 0 unspecified atom stereocenters. The highest BCUT2D eigenvalue weighted by molar-refractivity contribution is 5.96. The molecule has 0 radical (unpaired) electrons. The van der Waals surface area contributed by atoms with Gasteiger partial charge in [-0.1, -0.05) is 24.3 Å². The minimum absolute atomic E-state index is 0. The fourth-order valence-corrected chi connectivity index (χ4v) is 3.92.